The van der Waals surface area contributed by atoms with Crippen molar-refractivity contribution in [2.75, 3.05) is 0 Å². The van der Waals surface area contributed by atoms with Gasteiger partial charge >= 0.3 is 5.97 Å². The van der Waals surface area contributed by atoms with Gasteiger partial charge in [-0.2, -0.15) is 4.91 Å². The molecule has 2 rings (SSSR count). The zero-order chi connectivity index (χ0) is 22.8. The first-order valence-electron chi connectivity index (χ1n) is 11.2. The molecule has 6 nitrogen and oxygen atoms in total. The number of unbranched alkanes of at least 4 members (excludes halogenated alkanes) is 3. The molecule has 0 bridgehead atoms. The van der Waals surface area contributed by atoms with E-state index in [1.165, 1.54) is 12.1 Å². The van der Waals surface area contributed by atoms with Crippen LogP contribution in [-0.4, -0.2) is 39.5 Å². The van der Waals surface area contributed by atoms with Crippen LogP contribution in [0.15, 0.2) is 23.4 Å². The molecule has 8 heteroatoms. The first-order valence-corrected chi connectivity index (χ1v) is 11.2. The lowest BCUT2D eigenvalue weighted by Gasteiger charge is -2.24. The van der Waals surface area contributed by atoms with Gasteiger partial charge in [0.2, 0.25) is 0 Å². The number of aryl methyl sites for hydroxylation is 1. The van der Waals surface area contributed by atoms with E-state index in [-0.39, 0.29) is 18.3 Å². The van der Waals surface area contributed by atoms with Crippen LogP contribution in [0.25, 0.3) is 0 Å². The summed E-state index contributed by atoms with van der Waals surface area (Å²) in [6, 6.07) is 2.84. The van der Waals surface area contributed by atoms with Gasteiger partial charge in [-0.05, 0) is 74.5 Å². The molecule has 0 amide bonds. The van der Waals surface area contributed by atoms with Crippen LogP contribution in [0.4, 0.5) is 8.78 Å². The van der Waals surface area contributed by atoms with Crippen LogP contribution in [-0.2, 0) is 11.2 Å². The first-order chi connectivity index (χ1) is 14.8. The van der Waals surface area contributed by atoms with Crippen LogP contribution in [0, 0.1) is 28.4 Å². The van der Waals surface area contributed by atoms with Crippen LogP contribution in [0.2, 0.25) is 0 Å². The fourth-order valence-corrected chi connectivity index (χ4v) is 4.73. The average Bonchev–Trinajstić information content (AvgIpc) is 3.01. The number of aliphatic carboxylic acids is 1. The molecule has 1 aromatic rings. The van der Waals surface area contributed by atoms with E-state index in [9.17, 15) is 28.7 Å². The SMILES string of the molecule is O=NC1C[C@H](O)[C@H](CCCCCCC(=O)O)[C@H]1CC[C@@H](O)CCc1cc(F)cc(F)c1. The molecule has 1 aliphatic rings. The Bertz CT molecular complexity index is 697. The fourth-order valence-electron chi connectivity index (χ4n) is 4.73. The molecule has 1 unspecified atom stereocenters. The molecule has 1 aromatic carbocycles. The summed E-state index contributed by atoms with van der Waals surface area (Å²) < 4.78 is 26.6. The number of carboxylic acid groups (broad SMARTS) is 1. The van der Waals surface area contributed by atoms with Gasteiger partial charge in [0.15, 0.2) is 0 Å². The van der Waals surface area contributed by atoms with Gasteiger partial charge in [-0.3, -0.25) is 4.79 Å². The molecule has 1 saturated carbocycles. The van der Waals surface area contributed by atoms with Crippen molar-refractivity contribution < 1.29 is 28.9 Å². The Labute approximate surface area is 181 Å². The summed E-state index contributed by atoms with van der Waals surface area (Å²) in [6.45, 7) is 0. The van der Waals surface area contributed by atoms with E-state index >= 15 is 0 Å². The zero-order valence-electron chi connectivity index (χ0n) is 17.8. The van der Waals surface area contributed by atoms with Crippen LogP contribution >= 0.6 is 0 Å². The second-order valence-electron chi connectivity index (χ2n) is 8.70. The second-order valence-corrected chi connectivity index (χ2v) is 8.70. The summed E-state index contributed by atoms with van der Waals surface area (Å²) in [5.74, 6) is -2.25. The molecule has 1 aliphatic carbocycles. The Balaban J connectivity index is 1.78. The van der Waals surface area contributed by atoms with Crippen molar-refractivity contribution in [3.8, 4) is 0 Å². The number of carbonyl (C=O) groups is 1. The number of rotatable bonds is 14. The minimum Gasteiger partial charge on any atom is -0.481 e. The highest BCUT2D eigenvalue weighted by Crippen LogP contribution is 2.41. The molecule has 31 heavy (non-hydrogen) atoms. The number of halogens is 2. The summed E-state index contributed by atoms with van der Waals surface area (Å²) in [6.07, 6.45) is 4.79. The highest BCUT2D eigenvalue weighted by atomic mass is 19.1. The molecule has 0 aromatic heterocycles. The maximum atomic E-state index is 13.3. The van der Waals surface area contributed by atoms with E-state index in [0.29, 0.717) is 44.1 Å². The van der Waals surface area contributed by atoms with Crippen molar-refractivity contribution in [2.45, 2.75) is 88.9 Å². The Morgan fingerprint density at radius 3 is 2.35 bits per heavy atom. The Kier molecular flexibility index (Phi) is 10.5. The van der Waals surface area contributed by atoms with Crippen LogP contribution in [0.3, 0.4) is 0 Å². The Hall–Kier alpha value is -1.93. The number of hydrogen-bond donors (Lipinski definition) is 3. The quantitative estimate of drug-likeness (QED) is 0.289. The molecule has 5 atom stereocenters. The Morgan fingerprint density at radius 1 is 1.03 bits per heavy atom. The molecule has 0 heterocycles. The Morgan fingerprint density at radius 2 is 1.71 bits per heavy atom. The lowest BCUT2D eigenvalue weighted by atomic mass is 9.84. The third kappa shape index (κ3) is 8.61. The van der Waals surface area contributed by atoms with Gasteiger partial charge in [-0.1, -0.05) is 24.4 Å². The van der Waals surface area contributed by atoms with Gasteiger partial charge in [0.25, 0.3) is 0 Å². The number of aliphatic hydroxyl groups excluding tert-OH is 2. The standard InChI is InChI=1S/C23H33F2NO5/c24-16-11-15(12-17(25)13-16)7-8-18(27)9-10-19-20(22(28)14-21(19)26-31)5-3-1-2-4-6-23(29)30/h11-13,18-22,27-28H,1-10,14H2,(H,29,30)/t18-,19+,20+,21?,22-/m0/s1. The summed E-state index contributed by atoms with van der Waals surface area (Å²) in [4.78, 5) is 21.8. The normalized spacial score (nSPS) is 24.3. The van der Waals surface area contributed by atoms with Crippen LogP contribution in [0.5, 0.6) is 0 Å². The van der Waals surface area contributed by atoms with Gasteiger partial charge in [0.1, 0.15) is 11.6 Å². The molecule has 3 N–H and O–H groups in total. The van der Waals surface area contributed by atoms with Gasteiger partial charge in [-0.25, -0.2) is 8.78 Å². The number of nitroso groups, excluding NO2 is 1. The van der Waals surface area contributed by atoms with E-state index < -0.39 is 35.9 Å². The number of carboxylic acids is 1. The lowest BCUT2D eigenvalue weighted by Crippen LogP contribution is -2.23. The molecule has 1 fully saturated rings. The third-order valence-corrected chi connectivity index (χ3v) is 6.36. The number of nitrogens with zero attached hydrogens (tertiary/aromatic N) is 1. The van der Waals surface area contributed by atoms with Crippen molar-refractivity contribution in [3.63, 3.8) is 0 Å². The molecule has 0 saturated heterocycles. The third-order valence-electron chi connectivity index (χ3n) is 6.36. The molecule has 0 aliphatic heterocycles. The topological polar surface area (TPSA) is 107 Å². The number of aliphatic hydroxyl groups is 2. The summed E-state index contributed by atoms with van der Waals surface area (Å²) in [5.41, 5.74) is 0.487. The van der Waals surface area contributed by atoms with E-state index in [0.717, 1.165) is 31.7 Å². The van der Waals surface area contributed by atoms with Crippen molar-refractivity contribution >= 4 is 5.97 Å². The number of benzene rings is 1. The summed E-state index contributed by atoms with van der Waals surface area (Å²) in [5, 5.41) is 32.6. The minimum absolute atomic E-state index is 0.0633. The lowest BCUT2D eigenvalue weighted by molar-refractivity contribution is -0.137. The molecule has 0 radical (unpaired) electrons. The molecular weight excluding hydrogens is 408 g/mol. The molecule has 174 valence electrons. The first kappa shape index (κ1) is 25.3. The van der Waals surface area contributed by atoms with E-state index in [4.69, 9.17) is 5.11 Å². The van der Waals surface area contributed by atoms with Gasteiger partial charge in [-0.15, -0.1) is 0 Å². The summed E-state index contributed by atoms with van der Waals surface area (Å²) >= 11 is 0. The maximum absolute atomic E-state index is 13.3. The van der Waals surface area contributed by atoms with Crippen molar-refractivity contribution in [2.24, 2.45) is 17.0 Å². The van der Waals surface area contributed by atoms with Gasteiger partial charge in [0.05, 0.1) is 18.2 Å². The highest BCUT2D eigenvalue weighted by Gasteiger charge is 2.42. The fraction of sp³-hybridized carbons (Fsp3) is 0.696. The van der Waals surface area contributed by atoms with Gasteiger partial charge < -0.3 is 15.3 Å². The number of hydrogen-bond acceptors (Lipinski definition) is 5. The van der Waals surface area contributed by atoms with Crippen LogP contribution in [0.1, 0.15) is 69.8 Å². The van der Waals surface area contributed by atoms with Crippen molar-refractivity contribution in [3.05, 3.63) is 40.3 Å². The monoisotopic (exact) mass is 441 g/mol. The largest absolute Gasteiger partial charge is 0.481 e. The van der Waals surface area contributed by atoms with E-state index in [2.05, 4.69) is 5.18 Å². The average molecular weight is 442 g/mol. The maximum Gasteiger partial charge on any atom is 0.303 e. The van der Waals surface area contributed by atoms with Crippen LogP contribution < -0.4 is 0 Å². The predicted octanol–water partition coefficient (Wildman–Crippen LogP) is 4.60. The predicted molar refractivity (Wildman–Crippen MR) is 112 cm³/mol. The van der Waals surface area contributed by atoms with Crippen molar-refractivity contribution in [1.82, 2.24) is 0 Å². The van der Waals surface area contributed by atoms with E-state index in [1.807, 2.05) is 0 Å². The van der Waals surface area contributed by atoms with E-state index in [1.54, 1.807) is 0 Å². The molecular formula is C23H33F2NO5. The van der Waals surface area contributed by atoms with Crippen molar-refractivity contribution in [1.29, 1.82) is 0 Å². The zero-order valence-corrected chi connectivity index (χ0v) is 17.8. The second kappa shape index (κ2) is 12.8. The molecule has 0 spiro atoms. The highest BCUT2D eigenvalue weighted by molar-refractivity contribution is 5.66. The van der Waals surface area contributed by atoms with Gasteiger partial charge in [0, 0.05) is 12.5 Å². The summed E-state index contributed by atoms with van der Waals surface area (Å²) in [7, 11) is 0. The smallest absolute Gasteiger partial charge is 0.303 e. The minimum atomic E-state index is -0.799.